The van der Waals surface area contributed by atoms with Gasteiger partial charge in [0.15, 0.2) is 0 Å². The Morgan fingerprint density at radius 1 is 1.24 bits per heavy atom. The maximum atomic E-state index is 14.2. The normalized spacial score (nSPS) is 12.2. The number of halogens is 3. The van der Waals surface area contributed by atoms with Gasteiger partial charge in [0.05, 0.1) is 10.5 Å². The van der Waals surface area contributed by atoms with Gasteiger partial charge in [-0.2, -0.15) is 0 Å². The lowest BCUT2D eigenvalue weighted by Crippen LogP contribution is -2.27. The first-order chi connectivity index (χ1) is 10.1. The molecule has 1 unspecified atom stereocenters. The van der Waals surface area contributed by atoms with E-state index in [1.54, 1.807) is 36.4 Å². The molecule has 0 saturated heterocycles. The van der Waals surface area contributed by atoms with Crippen LogP contribution in [0.3, 0.4) is 0 Å². The molecule has 0 bridgehead atoms. The second-order valence-corrected chi connectivity index (χ2v) is 5.81. The monoisotopic (exact) mass is 371 g/mol. The van der Waals surface area contributed by atoms with Crippen molar-refractivity contribution in [3.8, 4) is 5.75 Å². The van der Waals surface area contributed by atoms with Crippen LogP contribution in [0.15, 0.2) is 46.9 Å². The Morgan fingerprint density at radius 2 is 1.95 bits per heavy atom. The smallest absolute Gasteiger partial charge is 0.142 e. The van der Waals surface area contributed by atoms with E-state index >= 15 is 0 Å². The quantitative estimate of drug-likeness (QED) is 0.773. The first-order valence-corrected chi connectivity index (χ1v) is 7.84. The van der Waals surface area contributed by atoms with Crippen molar-refractivity contribution in [2.24, 2.45) is 0 Å². The summed E-state index contributed by atoms with van der Waals surface area (Å²) in [5.41, 5.74) is 0.584. The molecule has 0 aliphatic carbocycles. The van der Waals surface area contributed by atoms with Gasteiger partial charge in [-0.25, -0.2) is 4.39 Å². The summed E-state index contributed by atoms with van der Waals surface area (Å²) in [5, 5.41) is 3.89. The minimum atomic E-state index is -0.261. The zero-order chi connectivity index (χ0) is 15.2. The van der Waals surface area contributed by atoms with Crippen molar-refractivity contribution >= 4 is 27.5 Å². The van der Waals surface area contributed by atoms with E-state index < -0.39 is 0 Å². The number of hydrogen-bond donors (Lipinski definition) is 1. The van der Waals surface area contributed by atoms with Gasteiger partial charge in [-0.05, 0) is 52.8 Å². The Labute approximate surface area is 137 Å². The minimum Gasteiger partial charge on any atom is -0.492 e. The van der Waals surface area contributed by atoms with Crippen LogP contribution in [0.1, 0.15) is 18.5 Å². The molecule has 21 heavy (non-hydrogen) atoms. The van der Waals surface area contributed by atoms with E-state index in [1.165, 1.54) is 0 Å². The second-order valence-electron chi connectivity index (χ2n) is 4.52. The number of ether oxygens (including phenoxy) is 1. The van der Waals surface area contributed by atoms with Crippen molar-refractivity contribution in [3.63, 3.8) is 0 Å². The Hall–Kier alpha value is -1.10. The molecule has 0 heterocycles. The van der Waals surface area contributed by atoms with Crippen LogP contribution in [0.5, 0.6) is 5.75 Å². The minimum absolute atomic E-state index is 0.219. The van der Waals surface area contributed by atoms with E-state index in [0.717, 1.165) is 6.54 Å². The molecule has 2 rings (SSSR count). The summed E-state index contributed by atoms with van der Waals surface area (Å²) in [5.74, 6) is 0.445. The van der Waals surface area contributed by atoms with Crippen LogP contribution in [-0.2, 0) is 0 Å². The lowest BCUT2D eigenvalue weighted by molar-refractivity contribution is 0.265. The Morgan fingerprint density at radius 3 is 2.62 bits per heavy atom. The summed E-state index contributed by atoms with van der Waals surface area (Å²) in [7, 11) is 0. The molecule has 0 saturated carbocycles. The zero-order valence-electron chi connectivity index (χ0n) is 11.6. The number of likely N-dealkylation sites (N-methyl/N-ethyl adjacent to an activating group) is 1. The highest BCUT2D eigenvalue weighted by Gasteiger charge is 2.17. The summed E-state index contributed by atoms with van der Waals surface area (Å²) < 4.78 is 20.4. The third-order valence-electron chi connectivity index (χ3n) is 3.04. The van der Waals surface area contributed by atoms with Gasteiger partial charge in [0, 0.05) is 10.6 Å². The first-order valence-electron chi connectivity index (χ1n) is 6.67. The molecule has 0 radical (unpaired) electrons. The number of nitrogens with one attached hydrogen (secondary N) is 1. The van der Waals surface area contributed by atoms with Gasteiger partial charge < -0.3 is 10.1 Å². The molecule has 0 aliphatic rings. The van der Waals surface area contributed by atoms with E-state index in [2.05, 4.69) is 21.2 Å². The third kappa shape index (κ3) is 4.43. The van der Waals surface area contributed by atoms with Gasteiger partial charge in [-0.3, -0.25) is 0 Å². The van der Waals surface area contributed by atoms with Crippen molar-refractivity contribution in [2.45, 2.75) is 13.0 Å². The molecule has 0 amide bonds. The zero-order valence-corrected chi connectivity index (χ0v) is 13.9. The summed E-state index contributed by atoms with van der Waals surface area (Å²) in [4.78, 5) is 0. The fraction of sp³-hybridized carbons (Fsp3) is 0.250. The highest BCUT2D eigenvalue weighted by Crippen LogP contribution is 2.25. The lowest BCUT2D eigenvalue weighted by Gasteiger charge is -2.20. The molecule has 2 aromatic rings. The van der Waals surface area contributed by atoms with E-state index in [-0.39, 0.29) is 11.9 Å². The summed E-state index contributed by atoms with van der Waals surface area (Å²) >= 11 is 9.05. The maximum Gasteiger partial charge on any atom is 0.142 e. The standard InChI is InChI=1S/C16H16BrClFNO/c1-2-20-15(13-4-3-5-14(17)16(13)19)10-21-12-8-6-11(18)7-9-12/h3-9,15,20H,2,10H2,1H3. The molecular weight excluding hydrogens is 357 g/mol. The van der Waals surface area contributed by atoms with Crippen LogP contribution in [0.25, 0.3) is 0 Å². The van der Waals surface area contributed by atoms with Crippen LogP contribution in [0, 0.1) is 5.82 Å². The predicted octanol–water partition coefficient (Wildman–Crippen LogP) is 4.97. The van der Waals surface area contributed by atoms with Gasteiger partial charge in [-0.1, -0.05) is 30.7 Å². The van der Waals surface area contributed by atoms with E-state index in [9.17, 15) is 4.39 Å². The van der Waals surface area contributed by atoms with Crippen molar-refractivity contribution in [2.75, 3.05) is 13.2 Å². The average molecular weight is 373 g/mol. The summed E-state index contributed by atoms with van der Waals surface area (Å²) in [6.07, 6.45) is 0. The number of benzene rings is 2. The molecule has 5 heteroatoms. The van der Waals surface area contributed by atoms with Gasteiger partial charge in [0.2, 0.25) is 0 Å². The molecule has 2 nitrogen and oxygen atoms in total. The SMILES string of the molecule is CCNC(COc1ccc(Cl)cc1)c1cccc(Br)c1F. The van der Waals surface area contributed by atoms with Crippen molar-refractivity contribution in [1.29, 1.82) is 0 Å². The highest BCUT2D eigenvalue weighted by molar-refractivity contribution is 9.10. The van der Waals surface area contributed by atoms with E-state index in [0.29, 0.717) is 27.4 Å². The van der Waals surface area contributed by atoms with Gasteiger partial charge in [0.25, 0.3) is 0 Å². The Kier molecular flexibility index (Phi) is 6.03. The van der Waals surface area contributed by atoms with Gasteiger partial charge >= 0.3 is 0 Å². The molecule has 0 spiro atoms. The average Bonchev–Trinajstić information content (AvgIpc) is 2.48. The largest absolute Gasteiger partial charge is 0.492 e. The maximum absolute atomic E-state index is 14.2. The van der Waals surface area contributed by atoms with Crippen LogP contribution in [0.4, 0.5) is 4.39 Å². The molecule has 0 aromatic heterocycles. The molecule has 1 atom stereocenters. The molecule has 0 aliphatic heterocycles. The number of hydrogen-bond acceptors (Lipinski definition) is 2. The molecule has 2 aromatic carbocycles. The van der Waals surface area contributed by atoms with E-state index in [4.69, 9.17) is 16.3 Å². The highest BCUT2D eigenvalue weighted by atomic mass is 79.9. The molecular formula is C16H16BrClFNO. The molecule has 0 fully saturated rings. The van der Waals surface area contributed by atoms with Crippen LogP contribution in [0.2, 0.25) is 5.02 Å². The second kappa shape index (κ2) is 7.78. The fourth-order valence-electron chi connectivity index (χ4n) is 2.01. The lowest BCUT2D eigenvalue weighted by atomic mass is 10.1. The Bertz CT molecular complexity index is 591. The summed E-state index contributed by atoms with van der Waals surface area (Å²) in [6.45, 7) is 3.04. The number of rotatable bonds is 6. The topological polar surface area (TPSA) is 21.3 Å². The van der Waals surface area contributed by atoms with Crippen LogP contribution >= 0.6 is 27.5 Å². The molecule has 1 N–H and O–H groups in total. The van der Waals surface area contributed by atoms with Gasteiger partial charge in [0.1, 0.15) is 18.2 Å². The summed E-state index contributed by atoms with van der Waals surface area (Å²) in [6, 6.07) is 12.2. The third-order valence-corrected chi connectivity index (χ3v) is 3.90. The predicted molar refractivity (Wildman–Crippen MR) is 87.5 cm³/mol. The fourth-order valence-corrected chi connectivity index (χ4v) is 2.51. The first kappa shape index (κ1) is 16.3. The van der Waals surface area contributed by atoms with Crippen LogP contribution in [-0.4, -0.2) is 13.2 Å². The molecule has 112 valence electrons. The van der Waals surface area contributed by atoms with Crippen molar-refractivity contribution in [1.82, 2.24) is 5.32 Å². The van der Waals surface area contributed by atoms with Crippen molar-refractivity contribution < 1.29 is 9.13 Å². The van der Waals surface area contributed by atoms with Crippen molar-refractivity contribution in [3.05, 3.63) is 63.3 Å². The van der Waals surface area contributed by atoms with Crippen LogP contribution < -0.4 is 10.1 Å². The van der Waals surface area contributed by atoms with E-state index in [1.807, 2.05) is 13.0 Å². The van der Waals surface area contributed by atoms with Gasteiger partial charge in [-0.15, -0.1) is 0 Å². The Balaban J connectivity index is 2.12.